The molecule has 148 valence electrons. The average Bonchev–Trinajstić information content (AvgIpc) is 2.69. The zero-order chi connectivity index (χ0) is 20.3. The molecular weight excluding hydrogens is 405 g/mol. The molecular formula is C18H24NO5PS2. The van der Waals surface area contributed by atoms with Crippen LogP contribution in [0, 0.1) is 0 Å². The van der Waals surface area contributed by atoms with Gasteiger partial charge in [0.05, 0.1) is 6.61 Å². The van der Waals surface area contributed by atoms with Gasteiger partial charge in [0.1, 0.15) is 11.0 Å². The Kier molecular flexibility index (Phi) is 10.4. The van der Waals surface area contributed by atoms with Crippen molar-refractivity contribution in [1.82, 2.24) is 0 Å². The molecule has 0 spiro atoms. The van der Waals surface area contributed by atoms with E-state index in [1.54, 1.807) is 31.2 Å². The summed E-state index contributed by atoms with van der Waals surface area (Å²) in [6.07, 6.45) is 0. The van der Waals surface area contributed by atoms with Gasteiger partial charge < -0.3 is 24.6 Å². The maximum atomic E-state index is 12.1. The van der Waals surface area contributed by atoms with Crippen LogP contribution in [0.4, 0.5) is 5.69 Å². The summed E-state index contributed by atoms with van der Waals surface area (Å²) in [4.78, 5) is 12.1. The summed E-state index contributed by atoms with van der Waals surface area (Å²) < 4.78 is 15.5. The Hall–Kier alpha value is -1.57. The van der Waals surface area contributed by atoms with Crippen molar-refractivity contribution in [3.8, 4) is 5.75 Å². The predicted molar refractivity (Wildman–Crippen MR) is 114 cm³/mol. The summed E-state index contributed by atoms with van der Waals surface area (Å²) in [5.41, 5.74) is 4.28. The molecule has 2 aromatic carbocycles. The van der Waals surface area contributed by atoms with E-state index in [2.05, 4.69) is 0 Å². The van der Waals surface area contributed by atoms with Crippen molar-refractivity contribution in [1.29, 1.82) is 0 Å². The van der Waals surface area contributed by atoms with Crippen LogP contribution in [0.2, 0.25) is 0 Å². The fourth-order valence-electron chi connectivity index (χ4n) is 1.85. The molecule has 0 heterocycles. The number of hydrogen-bond donors (Lipinski definition) is 2. The maximum absolute atomic E-state index is 12.1. The average molecular weight is 430 g/mol. The zero-order valence-corrected chi connectivity index (χ0v) is 17.9. The van der Waals surface area contributed by atoms with Crippen molar-refractivity contribution in [2.24, 2.45) is 0 Å². The van der Waals surface area contributed by atoms with E-state index in [0.717, 1.165) is 5.56 Å². The molecule has 27 heavy (non-hydrogen) atoms. The number of anilines is 1. The third-order valence-electron chi connectivity index (χ3n) is 3.18. The van der Waals surface area contributed by atoms with Crippen molar-refractivity contribution in [2.45, 2.75) is 12.2 Å². The number of nitrogens with two attached hydrogens (primary N) is 1. The molecule has 0 aromatic heterocycles. The maximum Gasteiger partial charge on any atom is 0.324 e. The highest BCUT2D eigenvalue weighted by molar-refractivity contribution is 8.68. The van der Waals surface area contributed by atoms with Crippen LogP contribution < -0.4 is 5.73 Å². The number of ether oxygens (including phenoxy) is 1. The highest BCUT2D eigenvalue weighted by atomic mass is 32.9. The fraction of sp³-hybridized carbons (Fsp3) is 0.278. The normalized spacial score (nSPS) is 11.8. The molecule has 0 saturated carbocycles. The number of carbonyl (C=O) groups excluding carboxylic acids is 1. The van der Waals surface area contributed by atoms with Gasteiger partial charge in [-0.3, -0.25) is 4.79 Å². The van der Waals surface area contributed by atoms with Gasteiger partial charge in [-0.2, -0.15) is 0 Å². The van der Waals surface area contributed by atoms with Crippen molar-refractivity contribution in [2.75, 3.05) is 26.6 Å². The monoisotopic (exact) mass is 429 g/mol. The number of hydrogen-bond acceptors (Lipinski definition) is 8. The lowest BCUT2D eigenvalue weighted by Gasteiger charge is -2.22. The fourth-order valence-corrected chi connectivity index (χ4v) is 5.55. The standard InChI is InChI=1S/C12H17O4PS2.C6H7NO/c1-4-16-12(13)11(10-8-6-5-7-9-10)19-17(18,14-2)15-3;7-5-1-3-6(8)4-2-5/h5-9,11H,4H2,1-3H3;1-4,8H,7H2. The van der Waals surface area contributed by atoms with Gasteiger partial charge in [0.25, 0.3) is 0 Å². The number of rotatable bonds is 7. The quantitative estimate of drug-likeness (QED) is 0.287. The molecule has 1 atom stereocenters. The third-order valence-corrected chi connectivity index (χ3v) is 8.98. The molecule has 2 aromatic rings. The van der Waals surface area contributed by atoms with Gasteiger partial charge in [-0.15, -0.1) is 0 Å². The number of esters is 1. The van der Waals surface area contributed by atoms with Crippen LogP contribution in [-0.4, -0.2) is 31.9 Å². The zero-order valence-electron chi connectivity index (χ0n) is 15.4. The number of nitrogen functional groups attached to an aromatic ring is 1. The first-order valence-corrected chi connectivity index (χ1v) is 12.1. The molecule has 0 bridgehead atoms. The summed E-state index contributed by atoms with van der Waals surface area (Å²) in [5.74, 6) is -0.0822. The highest BCUT2D eigenvalue weighted by Gasteiger charge is 2.31. The van der Waals surface area contributed by atoms with Gasteiger partial charge >= 0.3 is 5.97 Å². The van der Waals surface area contributed by atoms with Crippen LogP contribution in [0.25, 0.3) is 0 Å². The summed E-state index contributed by atoms with van der Waals surface area (Å²) in [7, 11) is 2.98. The lowest BCUT2D eigenvalue weighted by molar-refractivity contribution is -0.142. The first-order valence-electron chi connectivity index (χ1n) is 8.01. The smallest absolute Gasteiger partial charge is 0.324 e. The Morgan fingerprint density at radius 3 is 2.15 bits per heavy atom. The van der Waals surface area contributed by atoms with E-state index in [-0.39, 0.29) is 11.7 Å². The molecule has 0 aliphatic rings. The molecule has 9 heteroatoms. The number of carbonyl (C=O) groups is 1. The van der Waals surface area contributed by atoms with E-state index >= 15 is 0 Å². The summed E-state index contributed by atoms with van der Waals surface area (Å²) in [6.45, 7) is 2.10. The minimum atomic E-state index is -2.53. The van der Waals surface area contributed by atoms with Crippen molar-refractivity contribution in [3.05, 3.63) is 60.2 Å². The molecule has 0 aliphatic heterocycles. The largest absolute Gasteiger partial charge is 0.508 e. The van der Waals surface area contributed by atoms with Gasteiger partial charge in [-0.05, 0) is 48.6 Å². The van der Waals surface area contributed by atoms with E-state index in [1.165, 1.54) is 25.6 Å². The molecule has 2 rings (SSSR count). The number of phenolic OH excluding ortho intramolecular Hbond substituents is 1. The Morgan fingerprint density at radius 1 is 1.15 bits per heavy atom. The summed E-state index contributed by atoms with van der Waals surface area (Å²) >= 11 is 6.51. The predicted octanol–water partition coefficient (Wildman–Crippen LogP) is 4.52. The van der Waals surface area contributed by atoms with Gasteiger partial charge in [-0.25, -0.2) is 0 Å². The minimum Gasteiger partial charge on any atom is -0.508 e. The van der Waals surface area contributed by atoms with E-state index < -0.39 is 10.9 Å². The Morgan fingerprint density at radius 2 is 1.70 bits per heavy atom. The van der Waals surface area contributed by atoms with Crippen molar-refractivity contribution >= 4 is 40.5 Å². The molecule has 0 fully saturated rings. The Labute approximate surface area is 168 Å². The minimum absolute atomic E-state index is 0.249. The second-order valence-corrected chi connectivity index (χ2v) is 11.6. The third kappa shape index (κ3) is 8.32. The first kappa shape index (κ1) is 23.5. The lowest BCUT2D eigenvalue weighted by Crippen LogP contribution is -2.13. The van der Waals surface area contributed by atoms with Crippen molar-refractivity contribution < 1.29 is 23.7 Å². The highest BCUT2D eigenvalue weighted by Crippen LogP contribution is 2.65. The van der Waals surface area contributed by atoms with Crippen LogP contribution in [0.3, 0.4) is 0 Å². The van der Waals surface area contributed by atoms with Gasteiger partial charge in [0, 0.05) is 19.9 Å². The number of aromatic hydroxyl groups is 1. The molecule has 0 amide bonds. The lowest BCUT2D eigenvalue weighted by atomic mass is 10.1. The van der Waals surface area contributed by atoms with Crippen LogP contribution >= 0.6 is 17.1 Å². The second kappa shape index (κ2) is 12.0. The van der Waals surface area contributed by atoms with Gasteiger partial charge in [-0.1, -0.05) is 41.7 Å². The first-order chi connectivity index (χ1) is 12.8. The summed E-state index contributed by atoms with van der Waals surface area (Å²) in [6, 6.07) is 15.7. The van der Waals surface area contributed by atoms with E-state index in [4.69, 9.17) is 36.4 Å². The van der Waals surface area contributed by atoms with Crippen LogP contribution in [0.15, 0.2) is 54.6 Å². The second-order valence-electron chi connectivity index (χ2n) is 5.05. The molecule has 3 N–H and O–H groups in total. The summed E-state index contributed by atoms with van der Waals surface area (Å²) in [5, 5.41) is 8.17. The topological polar surface area (TPSA) is 91.0 Å². The van der Waals surface area contributed by atoms with E-state index in [0.29, 0.717) is 12.3 Å². The van der Waals surface area contributed by atoms with E-state index in [9.17, 15) is 4.79 Å². The van der Waals surface area contributed by atoms with Crippen LogP contribution in [0.5, 0.6) is 5.75 Å². The molecule has 0 aliphatic carbocycles. The van der Waals surface area contributed by atoms with Crippen LogP contribution in [0.1, 0.15) is 17.7 Å². The molecule has 6 nitrogen and oxygen atoms in total. The number of benzene rings is 2. The van der Waals surface area contributed by atoms with Crippen molar-refractivity contribution in [3.63, 3.8) is 0 Å². The molecule has 1 unspecified atom stereocenters. The Balaban J connectivity index is 0.000000377. The number of phenols is 1. The molecule has 0 radical (unpaired) electrons. The van der Waals surface area contributed by atoms with Crippen LogP contribution in [-0.2, 0) is 30.4 Å². The Bertz CT molecular complexity index is 714. The van der Waals surface area contributed by atoms with E-state index in [1.807, 2.05) is 30.3 Å². The SMILES string of the molecule is CCOC(=O)C(SP(=S)(OC)OC)c1ccccc1.Nc1ccc(O)cc1. The van der Waals surface area contributed by atoms with Gasteiger partial charge in [0.2, 0.25) is 5.69 Å². The molecule has 0 saturated heterocycles. The van der Waals surface area contributed by atoms with Gasteiger partial charge in [0.15, 0.2) is 0 Å².